The Morgan fingerprint density at radius 1 is 1.04 bits per heavy atom. The van der Waals surface area contributed by atoms with Gasteiger partial charge in [0.1, 0.15) is 11.6 Å². The van der Waals surface area contributed by atoms with Crippen molar-refractivity contribution in [3.05, 3.63) is 78.1 Å². The van der Waals surface area contributed by atoms with Crippen molar-refractivity contribution in [1.82, 2.24) is 9.97 Å². The highest BCUT2D eigenvalue weighted by Gasteiger charge is 2.25. The average Bonchev–Trinajstić information content (AvgIpc) is 3.13. The molecule has 2 aromatic heterocycles. The lowest BCUT2D eigenvalue weighted by atomic mass is 10.0. The number of hydrogen-bond donors (Lipinski definition) is 1. The van der Waals surface area contributed by atoms with Crippen molar-refractivity contribution < 1.29 is 9.57 Å². The van der Waals surface area contributed by atoms with E-state index in [1.54, 1.807) is 12.4 Å². The normalized spacial score (nSPS) is 16.0. The molecule has 0 radical (unpaired) electrons. The molecule has 0 bridgehead atoms. The smallest absolute Gasteiger partial charge is 0.219 e. The van der Waals surface area contributed by atoms with E-state index in [0.29, 0.717) is 24.5 Å². The SMILES string of the molecule is Nc1ncccc1C1CC(Cc2ccc(Oc3ccccc3)nc2)=NO1. The minimum Gasteiger partial charge on any atom is -0.439 e. The molecular formula is C20H18N4O2. The molecule has 130 valence electrons. The molecule has 0 aliphatic carbocycles. The van der Waals surface area contributed by atoms with Crippen LogP contribution in [-0.4, -0.2) is 15.7 Å². The number of para-hydroxylation sites is 1. The van der Waals surface area contributed by atoms with Crippen LogP contribution < -0.4 is 10.5 Å². The summed E-state index contributed by atoms with van der Waals surface area (Å²) in [5.74, 6) is 1.81. The van der Waals surface area contributed by atoms with Gasteiger partial charge in [0.05, 0.1) is 5.71 Å². The zero-order valence-electron chi connectivity index (χ0n) is 14.1. The van der Waals surface area contributed by atoms with Gasteiger partial charge in [-0.25, -0.2) is 9.97 Å². The van der Waals surface area contributed by atoms with Crippen LogP contribution >= 0.6 is 0 Å². The third-order valence-electron chi connectivity index (χ3n) is 4.12. The number of anilines is 1. The lowest BCUT2D eigenvalue weighted by Gasteiger charge is -2.10. The van der Waals surface area contributed by atoms with Crippen LogP contribution in [0.2, 0.25) is 0 Å². The second-order valence-corrected chi connectivity index (χ2v) is 6.03. The van der Waals surface area contributed by atoms with Gasteiger partial charge < -0.3 is 15.3 Å². The van der Waals surface area contributed by atoms with E-state index in [0.717, 1.165) is 22.6 Å². The predicted molar refractivity (Wildman–Crippen MR) is 99.0 cm³/mol. The highest BCUT2D eigenvalue weighted by Crippen LogP contribution is 2.30. The molecule has 0 spiro atoms. The Morgan fingerprint density at radius 2 is 1.92 bits per heavy atom. The van der Waals surface area contributed by atoms with Crippen LogP contribution in [-0.2, 0) is 11.3 Å². The number of rotatable bonds is 5. The molecule has 1 unspecified atom stereocenters. The van der Waals surface area contributed by atoms with Crippen molar-refractivity contribution in [2.45, 2.75) is 18.9 Å². The molecule has 26 heavy (non-hydrogen) atoms. The van der Waals surface area contributed by atoms with Gasteiger partial charge in [-0.3, -0.25) is 0 Å². The topological polar surface area (TPSA) is 82.6 Å². The molecule has 2 N–H and O–H groups in total. The summed E-state index contributed by atoms with van der Waals surface area (Å²) >= 11 is 0. The highest BCUT2D eigenvalue weighted by atomic mass is 16.6. The summed E-state index contributed by atoms with van der Waals surface area (Å²) < 4.78 is 5.70. The fourth-order valence-electron chi connectivity index (χ4n) is 2.82. The van der Waals surface area contributed by atoms with E-state index < -0.39 is 0 Å². The quantitative estimate of drug-likeness (QED) is 0.757. The molecule has 1 aliphatic rings. The van der Waals surface area contributed by atoms with Gasteiger partial charge in [-0.05, 0) is 29.8 Å². The molecule has 3 heterocycles. The Balaban J connectivity index is 1.37. The van der Waals surface area contributed by atoms with Crippen LogP contribution in [0, 0.1) is 0 Å². The third kappa shape index (κ3) is 3.64. The zero-order valence-corrected chi connectivity index (χ0v) is 14.1. The Labute approximate surface area is 151 Å². The Hall–Kier alpha value is -3.41. The minimum atomic E-state index is -0.174. The lowest BCUT2D eigenvalue weighted by molar-refractivity contribution is 0.0860. The molecule has 0 fully saturated rings. The van der Waals surface area contributed by atoms with Gasteiger partial charge in [0.2, 0.25) is 5.88 Å². The molecule has 4 rings (SSSR count). The number of aromatic nitrogens is 2. The van der Waals surface area contributed by atoms with E-state index in [4.69, 9.17) is 15.3 Å². The monoisotopic (exact) mass is 346 g/mol. The fourth-order valence-corrected chi connectivity index (χ4v) is 2.82. The maximum absolute atomic E-state index is 5.91. The summed E-state index contributed by atoms with van der Waals surface area (Å²) in [4.78, 5) is 14.0. The van der Waals surface area contributed by atoms with E-state index in [1.807, 2.05) is 54.6 Å². The molecule has 6 heteroatoms. The summed E-state index contributed by atoms with van der Waals surface area (Å²) in [5.41, 5.74) is 8.79. The van der Waals surface area contributed by atoms with Gasteiger partial charge in [0.25, 0.3) is 0 Å². The number of ether oxygens (including phenoxy) is 1. The standard InChI is InChI=1S/C20H18N4O2/c21-20-17(7-4-10-22-20)18-12-15(24-26-18)11-14-8-9-19(23-13-14)25-16-5-2-1-3-6-16/h1-10,13,18H,11-12H2,(H2,21,22). The zero-order chi connectivity index (χ0) is 17.8. The summed E-state index contributed by atoms with van der Waals surface area (Å²) in [6, 6.07) is 17.2. The summed E-state index contributed by atoms with van der Waals surface area (Å²) in [6.07, 6.45) is 4.66. The van der Waals surface area contributed by atoms with Gasteiger partial charge in [-0.15, -0.1) is 0 Å². The van der Waals surface area contributed by atoms with Crippen LogP contribution in [0.15, 0.2) is 72.1 Å². The van der Waals surface area contributed by atoms with Crippen molar-refractivity contribution in [2.75, 3.05) is 5.73 Å². The number of hydrogen-bond acceptors (Lipinski definition) is 6. The maximum atomic E-state index is 5.91. The average molecular weight is 346 g/mol. The van der Waals surface area contributed by atoms with Gasteiger partial charge in [-0.1, -0.05) is 29.4 Å². The van der Waals surface area contributed by atoms with E-state index >= 15 is 0 Å². The van der Waals surface area contributed by atoms with E-state index in [1.165, 1.54) is 0 Å². The van der Waals surface area contributed by atoms with Crippen molar-refractivity contribution in [3.63, 3.8) is 0 Å². The van der Waals surface area contributed by atoms with Crippen molar-refractivity contribution in [2.24, 2.45) is 5.16 Å². The lowest BCUT2D eigenvalue weighted by Crippen LogP contribution is -2.06. The van der Waals surface area contributed by atoms with Crippen molar-refractivity contribution in [3.8, 4) is 11.6 Å². The Kier molecular flexibility index (Phi) is 4.47. The minimum absolute atomic E-state index is 0.174. The Morgan fingerprint density at radius 3 is 2.69 bits per heavy atom. The van der Waals surface area contributed by atoms with E-state index in [-0.39, 0.29) is 6.10 Å². The third-order valence-corrected chi connectivity index (χ3v) is 4.12. The number of pyridine rings is 2. The van der Waals surface area contributed by atoms with Gasteiger partial charge in [0.15, 0.2) is 6.10 Å². The summed E-state index contributed by atoms with van der Waals surface area (Å²) in [6.45, 7) is 0. The molecule has 6 nitrogen and oxygen atoms in total. The summed E-state index contributed by atoms with van der Waals surface area (Å²) in [5, 5.41) is 4.19. The largest absolute Gasteiger partial charge is 0.439 e. The molecule has 1 aromatic carbocycles. The fraction of sp³-hybridized carbons (Fsp3) is 0.150. The second-order valence-electron chi connectivity index (χ2n) is 6.03. The molecule has 0 saturated heterocycles. The second kappa shape index (κ2) is 7.23. The first-order valence-corrected chi connectivity index (χ1v) is 8.38. The number of nitrogens with two attached hydrogens (primary N) is 1. The van der Waals surface area contributed by atoms with Crippen LogP contribution in [0.5, 0.6) is 11.6 Å². The number of benzene rings is 1. The maximum Gasteiger partial charge on any atom is 0.219 e. The number of nitrogen functional groups attached to an aromatic ring is 1. The molecule has 1 atom stereocenters. The molecule has 1 aliphatic heterocycles. The molecule has 3 aromatic rings. The highest BCUT2D eigenvalue weighted by molar-refractivity contribution is 5.87. The van der Waals surface area contributed by atoms with Crippen LogP contribution in [0.3, 0.4) is 0 Å². The summed E-state index contributed by atoms with van der Waals surface area (Å²) in [7, 11) is 0. The number of oxime groups is 1. The van der Waals surface area contributed by atoms with Gasteiger partial charge in [-0.2, -0.15) is 0 Å². The van der Waals surface area contributed by atoms with Crippen LogP contribution in [0.25, 0.3) is 0 Å². The van der Waals surface area contributed by atoms with Crippen LogP contribution in [0.1, 0.15) is 23.7 Å². The molecular weight excluding hydrogens is 328 g/mol. The van der Waals surface area contributed by atoms with Gasteiger partial charge >= 0.3 is 0 Å². The molecule has 0 saturated carbocycles. The first-order valence-electron chi connectivity index (χ1n) is 8.38. The molecule has 0 amide bonds. The predicted octanol–water partition coefficient (Wildman–Crippen LogP) is 3.91. The first-order chi connectivity index (χ1) is 12.8. The van der Waals surface area contributed by atoms with Crippen molar-refractivity contribution >= 4 is 11.5 Å². The first kappa shape index (κ1) is 16.1. The van der Waals surface area contributed by atoms with E-state index in [2.05, 4.69) is 15.1 Å². The van der Waals surface area contributed by atoms with Gasteiger partial charge in [0, 0.05) is 36.9 Å². The van der Waals surface area contributed by atoms with Crippen LogP contribution in [0.4, 0.5) is 5.82 Å². The Bertz CT molecular complexity index is 911. The van der Waals surface area contributed by atoms with E-state index in [9.17, 15) is 0 Å². The van der Waals surface area contributed by atoms with Crippen molar-refractivity contribution in [1.29, 1.82) is 0 Å². The number of nitrogens with zero attached hydrogens (tertiary/aromatic N) is 3.